The summed E-state index contributed by atoms with van der Waals surface area (Å²) in [6, 6.07) is 18.1. The fraction of sp³-hybridized carbons (Fsp3) is 0.364. The molecule has 28 heavy (non-hydrogen) atoms. The maximum atomic E-state index is 13.2. The molecule has 0 radical (unpaired) electrons. The number of hydrogen-bond donors (Lipinski definition) is 2. The van der Waals surface area contributed by atoms with Gasteiger partial charge in [0, 0.05) is 0 Å². The minimum atomic E-state index is -1.86. The Bertz CT molecular complexity index is 767. The van der Waals surface area contributed by atoms with Crippen LogP contribution in [-0.4, -0.2) is 34.2 Å². The lowest BCUT2D eigenvalue weighted by atomic mass is 9.93. The minimum Gasteiger partial charge on any atom is -0.459 e. The average Bonchev–Trinajstić information content (AvgIpc) is 2.75. The molecule has 0 aliphatic rings. The molecule has 0 bridgehead atoms. The van der Waals surface area contributed by atoms with Crippen molar-refractivity contribution in [3.63, 3.8) is 0 Å². The van der Waals surface area contributed by atoms with Crippen molar-refractivity contribution in [3.05, 3.63) is 71.8 Å². The molecule has 3 N–H and O–H groups in total. The molecule has 2 atom stereocenters. The average molecular weight is 384 g/mol. The molecule has 0 saturated heterocycles. The zero-order valence-electron chi connectivity index (χ0n) is 16.4. The number of carbonyl (C=O) groups is 2. The third-order valence-electron chi connectivity index (χ3n) is 4.88. The first kappa shape index (κ1) is 21.6. The van der Waals surface area contributed by atoms with Crippen molar-refractivity contribution in [1.82, 2.24) is 4.90 Å². The summed E-state index contributed by atoms with van der Waals surface area (Å²) in [5, 5.41) is 9.91. The van der Waals surface area contributed by atoms with Gasteiger partial charge >= 0.3 is 5.97 Å². The van der Waals surface area contributed by atoms with Gasteiger partial charge in [0.1, 0.15) is 13.3 Å². The van der Waals surface area contributed by atoms with Crippen LogP contribution in [0.25, 0.3) is 0 Å². The number of aliphatic hydroxyl groups excluding tert-OH is 1. The molecule has 0 saturated carbocycles. The molecule has 1 unspecified atom stereocenters. The molecular weight excluding hydrogens is 356 g/mol. The number of ether oxygens (including phenoxy) is 1. The second kappa shape index (κ2) is 10.0. The van der Waals surface area contributed by atoms with E-state index in [9.17, 15) is 14.7 Å². The number of rotatable bonds is 9. The van der Waals surface area contributed by atoms with Crippen LogP contribution in [0.2, 0.25) is 0 Å². The van der Waals surface area contributed by atoms with Crippen LogP contribution in [0.5, 0.6) is 0 Å². The molecule has 0 aromatic heterocycles. The third kappa shape index (κ3) is 4.77. The molecule has 0 aliphatic carbocycles. The van der Waals surface area contributed by atoms with Gasteiger partial charge in [0.15, 0.2) is 5.54 Å². The normalized spacial score (nSPS) is 14.0. The van der Waals surface area contributed by atoms with E-state index in [1.54, 1.807) is 6.92 Å². The fourth-order valence-electron chi connectivity index (χ4n) is 3.11. The predicted molar refractivity (Wildman–Crippen MR) is 107 cm³/mol. The molecule has 0 spiro atoms. The van der Waals surface area contributed by atoms with Gasteiger partial charge in [-0.1, -0.05) is 74.5 Å². The van der Waals surface area contributed by atoms with E-state index in [2.05, 4.69) is 0 Å². The first-order valence-electron chi connectivity index (χ1n) is 9.44. The van der Waals surface area contributed by atoms with Crippen LogP contribution in [0, 0.1) is 0 Å². The lowest BCUT2D eigenvalue weighted by Crippen LogP contribution is -2.61. The molecule has 150 valence electrons. The lowest BCUT2D eigenvalue weighted by Gasteiger charge is -2.36. The zero-order valence-corrected chi connectivity index (χ0v) is 16.4. The molecule has 6 nitrogen and oxygen atoms in total. The molecule has 0 fully saturated rings. The second-order valence-electron chi connectivity index (χ2n) is 6.64. The maximum Gasteiger partial charge on any atom is 0.336 e. The van der Waals surface area contributed by atoms with Gasteiger partial charge < -0.3 is 20.5 Å². The van der Waals surface area contributed by atoms with E-state index in [0.717, 1.165) is 11.1 Å². The molecule has 2 rings (SSSR count). The molecule has 0 heterocycles. The Morgan fingerprint density at radius 3 is 2.14 bits per heavy atom. The van der Waals surface area contributed by atoms with Gasteiger partial charge in [-0.25, -0.2) is 4.79 Å². The van der Waals surface area contributed by atoms with Gasteiger partial charge in [0.05, 0.1) is 6.04 Å². The Morgan fingerprint density at radius 2 is 1.64 bits per heavy atom. The summed E-state index contributed by atoms with van der Waals surface area (Å²) in [5.41, 5.74) is 6.02. The monoisotopic (exact) mass is 384 g/mol. The Balaban J connectivity index is 2.21. The quantitative estimate of drug-likeness (QED) is 0.394. The van der Waals surface area contributed by atoms with Crippen LogP contribution in [0.4, 0.5) is 0 Å². The number of nitrogens with two attached hydrogens (primary N) is 1. The largest absolute Gasteiger partial charge is 0.459 e. The molecule has 2 aromatic rings. The highest BCUT2D eigenvalue weighted by atomic mass is 16.5. The standard InChI is InChI=1S/C22H28N2O4/c1-3-19(18-13-9-6-10-14-18)24(16-25)20(26)22(23,4-2)21(27)28-15-17-11-7-5-8-12-17/h5-14,19,25H,3-4,15-16,23H2,1-2H3/t19?,22-/m0/s1. The Hall–Kier alpha value is -2.70. The van der Waals surface area contributed by atoms with Crippen LogP contribution < -0.4 is 5.73 Å². The number of aliphatic hydroxyl groups is 1. The summed E-state index contributed by atoms with van der Waals surface area (Å²) in [6.07, 6.45) is 0.621. The van der Waals surface area contributed by atoms with E-state index in [4.69, 9.17) is 10.5 Å². The highest BCUT2D eigenvalue weighted by molar-refractivity contribution is 6.07. The summed E-state index contributed by atoms with van der Waals surface area (Å²) in [6.45, 7) is 3.05. The molecule has 1 amide bonds. The van der Waals surface area contributed by atoms with E-state index in [1.807, 2.05) is 67.6 Å². The van der Waals surface area contributed by atoms with Crippen LogP contribution in [0.3, 0.4) is 0 Å². The lowest BCUT2D eigenvalue weighted by molar-refractivity contribution is -0.162. The summed E-state index contributed by atoms with van der Waals surface area (Å²) in [5.74, 6) is -1.45. The van der Waals surface area contributed by atoms with E-state index in [-0.39, 0.29) is 13.0 Å². The summed E-state index contributed by atoms with van der Waals surface area (Å²) < 4.78 is 5.33. The number of carbonyl (C=O) groups excluding carboxylic acids is 2. The Kier molecular flexibility index (Phi) is 7.72. The van der Waals surface area contributed by atoms with Gasteiger partial charge in [-0.15, -0.1) is 0 Å². The van der Waals surface area contributed by atoms with Crippen molar-refractivity contribution in [1.29, 1.82) is 0 Å². The summed E-state index contributed by atoms with van der Waals surface area (Å²) in [4.78, 5) is 27.1. The van der Waals surface area contributed by atoms with E-state index in [1.165, 1.54) is 4.90 Å². The van der Waals surface area contributed by atoms with Gasteiger partial charge in [-0.2, -0.15) is 0 Å². The van der Waals surface area contributed by atoms with Crippen molar-refractivity contribution in [2.45, 2.75) is 44.9 Å². The van der Waals surface area contributed by atoms with Crippen LogP contribution in [0.1, 0.15) is 43.9 Å². The number of nitrogens with zero attached hydrogens (tertiary/aromatic N) is 1. The summed E-state index contributed by atoms with van der Waals surface area (Å²) in [7, 11) is 0. The van der Waals surface area contributed by atoms with Crippen molar-refractivity contribution in [3.8, 4) is 0 Å². The summed E-state index contributed by atoms with van der Waals surface area (Å²) >= 11 is 0. The van der Waals surface area contributed by atoms with Gasteiger partial charge in [0.25, 0.3) is 5.91 Å². The number of benzene rings is 2. The Labute approximate surface area is 165 Å². The van der Waals surface area contributed by atoms with Crippen LogP contribution >= 0.6 is 0 Å². The fourth-order valence-corrected chi connectivity index (χ4v) is 3.11. The van der Waals surface area contributed by atoms with Crippen molar-refractivity contribution < 1.29 is 19.4 Å². The first-order valence-corrected chi connectivity index (χ1v) is 9.44. The van der Waals surface area contributed by atoms with Crippen molar-refractivity contribution in [2.75, 3.05) is 6.73 Å². The molecule has 0 aliphatic heterocycles. The van der Waals surface area contributed by atoms with Gasteiger partial charge in [0.2, 0.25) is 0 Å². The van der Waals surface area contributed by atoms with E-state index in [0.29, 0.717) is 6.42 Å². The maximum absolute atomic E-state index is 13.2. The number of hydrogen-bond acceptors (Lipinski definition) is 5. The third-order valence-corrected chi connectivity index (χ3v) is 4.88. The zero-order chi connectivity index (χ0) is 20.6. The highest BCUT2D eigenvalue weighted by Crippen LogP contribution is 2.27. The van der Waals surface area contributed by atoms with Gasteiger partial charge in [-0.3, -0.25) is 4.79 Å². The molecular formula is C22H28N2O4. The van der Waals surface area contributed by atoms with E-state index >= 15 is 0 Å². The van der Waals surface area contributed by atoms with Crippen LogP contribution in [-0.2, 0) is 20.9 Å². The molecule has 6 heteroatoms. The molecule has 2 aromatic carbocycles. The van der Waals surface area contributed by atoms with Crippen molar-refractivity contribution in [2.24, 2.45) is 5.73 Å². The first-order chi connectivity index (χ1) is 13.5. The number of amides is 1. The second-order valence-corrected chi connectivity index (χ2v) is 6.64. The highest BCUT2D eigenvalue weighted by Gasteiger charge is 2.46. The topological polar surface area (TPSA) is 92.9 Å². The SMILES string of the molecule is CCC(c1ccccc1)N(CO)C(=O)[C@@](N)(CC)C(=O)OCc1ccccc1. The minimum absolute atomic E-state index is 0.0287. The Morgan fingerprint density at radius 1 is 1.07 bits per heavy atom. The van der Waals surface area contributed by atoms with Crippen molar-refractivity contribution >= 4 is 11.9 Å². The predicted octanol–water partition coefficient (Wildman–Crippen LogP) is 2.77. The smallest absolute Gasteiger partial charge is 0.336 e. The van der Waals surface area contributed by atoms with Gasteiger partial charge in [-0.05, 0) is 24.0 Å². The van der Waals surface area contributed by atoms with Crippen LogP contribution in [0.15, 0.2) is 60.7 Å². The van der Waals surface area contributed by atoms with E-state index < -0.39 is 30.2 Å². The number of esters is 1.